The average molecular weight is 246 g/mol. The molecule has 0 amide bonds. The third-order valence-corrected chi connectivity index (χ3v) is 2.92. The van der Waals surface area contributed by atoms with Gasteiger partial charge in [0.15, 0.2) is 0 Å². The number of nitrogens with zero attached hydrogens (tertiary/aromatic N) is 3. The third kappa shape index (κ3) is 2.80. The number of anilines is 1. The first-order chi connectivity index (χ1) is 8.70. The van der Waals surface area contributed by atoms with Crippen molar-refractivity contribution in [2.75, 3.05) is 5.73 Å². The minimum Gasteiger partial charge on any atom is -0.398 e. The molecule has 0 unspecified atom stereocenters. The molecule has 5 nitrogen and oxygen atoms in total. The summed E-state index contributed by atoms with van der Waals surface area (Å²) in [6.45, 7) is 3.62. The first-order valence-electron chi connectivity index (χ1n) is 6.16. The topological polar surface area (TPSA) is 65.8 Å². The number of nitrogens with two attached hydrogens (primary N) is 1. The van der Waals surface area contributed by atoms with Crippen LogP contribution in [0.25, 0.3) is 0 Å². The van der Waals surface area contributed by atoms with Crippen molar-refractivity contribution in [3.05, 3.63) is 46.9 Å². The van der Waals surface area contributed by atoms with E-state index in [0.717, 1.165) is 25.2 Å². The predicted molar refractivity (Wildman–Crippen MR) is 71.3 cm³/mol. The van der Waals surface area contributed by atoms with Crippen LogP contribution in [-0.4, -0.2) is 14.1 Å². The SMILES string of the molecule is CCc1nccn1CCCn1cc(N)ccc1=O. The van der Waals surface area contributed by atoms with E-state index in [0.29, 0.717) is 12.2 Å². The Bertz CT molecular complexity index is 570. The van der Waals surface area contributed by atoms with Crippen LogP contribution in [0.15, 0.2) is 35.5 Å². The first-order valence-corrected chi connectivity index (χ1v) is 6.16. The number of hydrogen-bond donors (Lipinski definition) is 1. The Kier molecular flexibility index (Phi) is 3.82. The summed E-state index contributed by atoms with van der Waals surface area (Å²) in [7, 11) is 0. The first kappa shape index (κ1) is 12.4. The van der Waals surface area contributed by atoms with Crippen molar-refractivity contribution in [2.24, 2.45) is 0 Å². The van der Waals surface area contributed by atoms with E-state index in [1.165, 1.54) is 6.07 Å². The molecule has 0 fully saturated rings. The van der Waals surface area contributed by atoms with Crippen LogP contribution in [0, 0.1) is 0 Å². The molecule has 2 rings (SSSR count). The average Bonchev–Trinajstić information content (AvgIpc) is 2.81. The summed E-state index contributed by atoms with van der Waals surface area (Å²) in [5.41, 5.74) is 6.27. The Labute approximate surface area is 106 Å². The van der Waals surface area contributed by atoms with Crippen LogP contribution in [0.2, 0.25) is 0 Å². The molecule has 0 saturated carbocycles. The molecule has 2 aromatic rings. The van der Waals surface area contributed by atoms with Crippen LogP contribution >= 0.6 is 0 Å². The van der Waals surface area contributed by atoms with Crippen LogP contribution in [-0.2, 0) is 19.5 Å². The van der Waals surface area contributed by atoms with Crippen LogP contribution in [0.4, 0.5) is 5.69 Å². The fourth-order valence-electron chi connectivity index (χ4n) is 1.99. The molecule has 0 aliphatic heterocycles. The molecule has 96 valence electrons. The summed E-state index contributed by atoms with van der Waals surface area (Å²) < 4.78 is 3.77. The number of rotatable bonds is 5. The highest BCUT2D eigenvalue weighted by molar-refractivity contribution is 5.33. The van der Waals surface area contributed by atoms with Gasteiger partial charge >= 0.3 is 0 Å². The third-order valence-electron chi connectivity index (χ3n) is 2.92. The smallest absolute Gasteiger partial charge is 0.250 e. The lowest BCUT2D eigenvalue weighted by Gasteiger charge is -2.08. The van der Waals surface area contributed by atoms with E-state index < -0.39 is 0 Å². The predicted octanol–water partition coefficient (Wildman–Crippen LogP) is 1.28. The lowest BCUT2D eigenvalue weighted by atomic mass is 10.3. The largest absolute Gasteiger partial charge is 0.398 e. The maximum atomic E-state index is 11.6. The van der Waals surface area contributed by atoms with Crippen molar-refractivity contribution in [1.82, 2.24) is 14.1 Å². The van der Waals surface area contributed by atoms with Crippen molar-refractivity contribution >= 4 is 5.69 Å². The van der Waals surface area contributed by atoms with Gasteiger partial charge in [-0.05, 0) is 12.5 Å². The summed E-state index contributed by atoms with van der Waals surface area (Å²) in [5, 5.41) is 0. The molecule has 0 saturated heterocycles. The lowest BCUT2D eigenvalue weighted by Crippen LogP contribution is -2.19. The number of imidazole rings is 1. The van der Waals surface area contributed by atoms with Gasteiger partial charge in [0, 0.05) is 49.9 Å². The second-order valence-electron chi connectivity index (χ2n) is 4.24. The van der Waals surface area contributed by atoms with Crippen molar-refractivity contribution in [1.29, 1.82) is 0 Å². The monoisotopic (exact) mass is 246 g/mol. The number of hydrogen-bond acceptors (Lipinski definition) is 3. The molecular weight excluding hydrogens is 228 g/mol. The van der Waals surface area contributed by atoms with Gasteiger partial charge < -0.3 is 14.9 Å². The van der Waals surface area contributed by atoms with Gasteiger partial charge in [-0.3, -0.25) is 4.79 Å². The minimum atomic E-state index is -0.00875. The van der Waals surface area contributed by atoms with Crippen LogP contribution in [0.3, 0.4) is 0 Å². The molecule has 0 aromatic carbocycles. The van der Waals surface area contributed by atoms with Crippen LogP contribution in [0.5, 0.6) is 0 Å². The molecule has 18 heavy (non-hydrogen) atoms. The Morgan fingerprint density at radius 3 is 2.83 bits per heavy atom. The molecule has 0 spiro atoms. The van der Waals surface area contributed by atoms with Crippen LogP contribution < -0.4 is 11.3 Å². The van der Waals surface area contributed by atoms with Crippen molar-refractivity contribution in [2.45, 2.75) is 32.9 Å². The summed E-state index contributed by atoms with van der Waals surface area (Å²) in [4.78, 5) is 15.8. The normalized spacial score (nSPS) is 10.7. The Balaban J connectivity index is 1.96. The van der Waals surface area contributed by atoms with Crippen molar-refractivity contribution in [3.8, 4) is 0 Å². The fourth-order valence-corrected chi connectivity index (χ4v) is 1.99. The fraction of sp³-hybridized carbons (Fsp3) is 0.385. The zero-order valence-corrected chi connectivity index (χ0v) is 10.5. The molecule has 2 aromatic heterocycles. The molecule has 0 aliphatic carbocycles. The molecule has 2 heterocycles. The minimum absolute atomic E-state index is 0.00875. The molecule has 2 N–H and O–H groups in total. The van der Waals surface area contributed by atoms with Gasteiger partial charge in [-0.1, -0.05) is 6.92 Å². The van der Waals surface area contributed by atoms with Crippen molar-refractivity contribution < 1.29 is 0 Å². The summed E-state index contributed by atoms with van der Waals surface area (Å²) in [6, 6.07) is 3.13. The zero-order valence-electron chi connectivity index (χ0n) is 10.5. The highest BCUT2D eigenvalue weighted by Crippen LogP contribution is 2.02. The summed E-state index contributed by atoms with van der Waals surface area (Å²) in [6.07, 6.45) is 7.28. The lowest BCUT2D eigenvalue weighted by molar-refractivity contribution is 0.541. The number of nitrogen functional groups attached to an aromatic ring is 1. The van der Waals surface area contributed by atoms with Gasteiger partial charge in [0.05, 0.1) is 0 Å². The molecule has 5 heteroatoms. The van der Waals surface area contributed by atoms with E-state index in [4.69, 9.17) is 5.73 Å². The molecule has 0 atom stereocenters. The summed E-state index contributed by atoms with van der Waals surface area (Å²) >= 11 is 0. The number of aryl methyl sites for hydroxylation is 3. The number of aromatic nitrogens is 3. The summed E-state index contributed by atoms with van der Waals surface area (Å²) in [5.74, 6) is 1.08. The van der Waals surface area contributed by atoms with Gasteiger partial charge in [-0.2, -0.15) is 0 Å². The molecular formula is C13H18N4O. The van der Waals surface area contributed by atoms with Gasteiger partial charge in [0.25, 0.3) is 5.56 Å². The second kappa shape index (κ2) is 5.53. The van der Waals surface area contributed by atoms with Gasteiger partial charge in [0.2, 0.25) is 0 Å². The van der Waals surface area contributed by atoms with E-state index in [2.05, 4.69) is 16.5 Å². The highest BCUT2D eigenvalue weighted by Gasteiger charge is 2.01. The van der Waals surface area contributed by atoms with E-state index in [9.17, 15) is 4.79 Å². The van der Waals surface area contributed by atoms with Crippen LogP contribution in [0.1, 0.15) is 19.2 Å². The Morgan fingerprint density at radius 1 is 1.28 bits per heavy atom. The van der Waals surface area contributed by atoms with Gasteiger partial charge in [0.1, 0.15) is 5.82 Å². The Hall–Kier alpha value is -2.04. The maximum absolute atomic E-state index is 11.6. The van der Waals surface area contributed by atoms with E-state index in [1.54, 1.807) is 16.8 Å². The van der Waals surface area contributed by atoms with E-state index >= 15 is 0 Å². The van der Waals surface area contributed by atoms with Crippen molar-refractivity contribution in [3.63, 3.8) is 0 Å². The molecule has 0 bridgehead atoms. The number of pyridine rings is 1. The Morgan fingerprint density at radius 2 is 2.06 bits per heavy atom. The highest BCUT2D eigenvalue weighted by atomic mass is 16.1. The van der Waals surface area contributed by atoms with Gasteiger partial charge in [-0.15, -0.1) is 0 Å². The van der Waals surface area contributed by atoms with Gasteiger partial charge in [-0.25, -0.2) is 4.98 Å². The zero-order chi connectivity index (χ0) is 13.0. The molecule has 0 aliphatic rings. The standard InChI is InChI=1S/C13H18N4O/c1-2-12-15-6-9-16(12)7-3-8-17-10-11(14)4-5-13(17)18/h4-6,9-10H,2-3,7-8,14H2,1H3. The second-order valence-corrected chi connectivity index (χ2v) is 4.24. The molecule has 0 radical (unpaired) electrons. The maximum Gasteiger partial charge on any atom is 0.250 e. The van der Waals surface area contributed by atoms with E-state index in [-0.39, 0.29) is 5.56 Å². The van der Waals surface area contributed by atoms with E-state index in [1.807, 2.05) is 12.4 Å². The quantitative estimate of drug-likeness (QED) is 0.864.